The van der Waals surface area contributed by atoms with Gasteiger partial charge in [0.25, 0.3) is 5.91 Å². The fourth-order valence-corrected chi connectivity index (χ4v) is 1.70. The van der Waals surface area contributed by atoms with Crippen LogP contribution in [0, 0.1) is 6.92 Å². The number of hydrogen-bond donors (Lipinski definition) is 1. The van der Waals surface area contributed by atoms with Crippen LogP contribution in [-0.4, -0.2) is 5.91 Å². The van der Waals surface area contributed by atoms with Gasteiger partial charge in [-0.25, -0.2) is 0 Å². The van der Waals surface area contributed by atoms with Crippen LogP contribution in [0.2, 0.25) is 0 Å². The van der Waals surface area contributed by atoms with Crippen molar-refractivity contribution in [3.63, 3.8) is 0 Å². The summed E-state index contributed by atoms with van der Waals surface area (Å²) in [6, 6.07) is 10.9. The highest BCUT2D eigenvalue weighted by atomic mass is 35.5. The predicted octanol–water partition coefficient (Wildman–Crippen LogP) is 4.14. The minimum absolute atomic E-state index is 0.245. The second-order valence-corrected chi connectivity index (χ2v) is 4.74. The smallest absolute Gasteiger partial charge is 0.291 e. The number of carbonyl (C=O) groups is 1. The highest BCUT2D eigenvalue weighted by Gasteiger charge is 2.14. The van der Waals surface area contributed by atoms with Crippen molar-refractivity contribution in [1.82, 2.24) is 0 Å². The van der Waals surface area contributed by atoms with E-state index in [1.807, 2.05) is 31.2 Å². The van der Waals surface area contributed by atoms with Crippen molar-refractivity contribution < 1.29 is 9.21 Å². The highest BCUT2D eigenvalue weighted by Crippen LogP contribution is 2.22. The van der Waals surface area contributed by atoms with Crippen LogP contribution >= 0.6 is 11.6 Å². The van der Waals surface area contributed by atoms with Crippen molar-refractivity contribution in [3.8, 4) is 0 Å². The Hall–Kier alpha value is -1.74. The summed E-state index contributed by atoms with van der Waals surface area (Å²) in [5, 5.41) is 2.56. The summed E-state index contributed by atoms with van der Waals surface area (Å²) in [6.45, 7) is 3.73. The van der Waals surface area contributed by atoms with Crippen LogP contribution in [0.1, 0.15) is 34.2 Å². The average Bonchev–Trinajstić information content (AvgIpc) is 2.81. The number of hydrogen-bond acceptors (Lipinski definition) is 2. The maximum atomic E-state index is 12.0. The molecule has 1 aromatic carbocycles. The molecule has 0 aliphatic heterocycles. The average molecular weight is 264 g/mol. The first-order valence-corrected chi connectivity index (χ1v) is 6.12. The van der Waals surface area contributed by atoms with E-state index in [-0.39, 0.29) is 17.0 Å². The first-order valence-electron chi connectivity index (χ1n) is 5.68. The lowest BCUT2D eigenvalue weighted by molar-refractivity contribution is 0.0995. The Morgan fingerprint density at radius 2 is 2.00 bits per heavy atom. The molecule has 0 bridgehead atoms. The molecular formula is C14H14ClNO2. The number of amides is 1. The van der Waals surface area contributed by atoms with Gasteiger partial charge in [-0.3, -0.25) is 4.79 Å². The fourth-order valence-electron chi connectivity index (χ4n) is 1.59. The van der Waals surface area contributed by atoms with Gasteiger partial charge in [0, 0.05) is 5.69 Å². The van der Waals surface area contributed by atoms with E-state index in [9.17, 15) is 4.79 Å². The van der Waals surface area contributed by atoms with Crippen LogP contribution in [0.4, 0.5) is 5.69 Å². The minimum Gasteiger partial charge on any atom is -0.454 e. The zero-order valence-electron chi connectivity index (χ0n) is 10.2. The molecule has 2 aromatic rings. The van der Waals surface area contributed by atoms with Gasteiger partial charge in [0.05, 0.1) is 5.38 Å². The van der Waals surface area contributed by atoms with Crippen molar-refractivity contribution >= 4 is 23.2 Å². The summed E-state index contributed by atoms with van der Waals surface area (Å²) in [5.74, 6) is 0.584. The van der Waals surface area contributed by atoms with Gasteiger partial charge in [-0.15, -0.1) is 11.6 Å². The standard InChI is InChI=1S/C14H14ClNO2/c1-9-5-3-4-6-11(9)16-14(17)13-8-7-12(18-13)10(2)15/h3-8,10H,1-2H3,(H,16,17). The molecule has 0 fully saturated rings. The number of aryl methyl sites for hydroxylation is 1. The van der Waals surface area contributed by atoms with Gasteiger partial charge < -0.3 is 9.73 Å². The van der Waals surface area contributed by atoms with E-state index in [2.05, 4.69) is 5.32 Å². The normalized spacial score (nSPS) is 12.2. The number of rotatable bonds is 3. The lowest BCUT2D eigenvalue weighted by Gasteiger charge is -2.06. The van der Waals surface area contributed by atoms with Gasteiger partial charge in [-0.1, -0.05) is 18.2 Å². The van der Waals surface area contributed by atoms with Crippen LogP contribution in [0.5, 0.6) is 0 Å². The number of halogens is 1. The quantitative estimate of drug-likeness (QED) is 0.846. The van der Waals surface area contributed by atoms with Crippen molar-refractivity contribution in [3.05, 3.63) is 53.5 Å². The van der Waals surface area contributed by atoms with Crippen LogP contribution in [-0.2, 0) is 0 Å². The number of carbonyl (C=O) groups excluding carboxylic acids is 1. The van der Waals surface area contributed by atoms with E-state index in [0.29, 0.717) is 5.76 Å². The molecular weight excluding hydrogens is 250 g/mol. The molecule has 0 saturated carbocycles. The van der Waals surface area contributed by atoms with Crippen LogP contribution < -0.4 is 5.32 Å². The summed E-state index contributed by atoms with van der Waals surface area (Å²) in [6.07, 6.45) is 0. The molecule has 0 aliphatic rings. The number of para-hydroxylation sites is 1. The molecule has 1 N–H and O–H groups in total. The highest BCUT2D eigenvalue weighted by molar-refractivity contribution is 6.20. The molecule has 1 heterocycles. The first-order chi connectivity index (χ1) is 8.58. The van der Waals surface area contributed by atoms with Gasteiger partial charge in [-0.2, -0.15) is 0 Å². The molecule has 1 aromatic heterocycles. The molecule has 94 valence electrons. The molecule has 3 nitrogen and oxygen atoms in total. The third kappa shape index (κ3) is 2.74. The topological polar surface area (TPSA) is 42.2 Å². The Bertz CT molecular complexity index is 560. The second-order valence-electron chi connectivity index (χ2n) is 4.09. The monoisotopic (exact) mass is 263 g/mol. The summed E-state index contributed by atoms with van der Waals surface area (Å²) in [7, 11) is 0. The molecule has 0 radical (unpaired) electrons. The van der Waals surface area contributed by atoms with Crippen molar-refractivity contribution in [2.45, 2.75) is 19.2 Å². The SMILES string of the molecule is Cc1ccccc1NC(=O)c1ccc(C(C)Cl)o1. The van der Waals surface area contributed by atoms with E-state index >= 15 is 0 Å². The predicted molar refractivity (Wildman–Crippen MR) is 72.1 cm³/mol. The largest absolute Gasteiger partial charge is 0.454 e. The maximum absolute atomic E-state index is 12.0. The van der Waals surface area contributed by atoms with E-state index in [4.69, 9.17) is 16.0 Å². The van der Waals surface area contributed by atoms with Gasteiger partial charge >= 0.3 is 0 Å². The minimum atomic E-state index is -0.270. The lowest BCUT2D eigenvalue weighted by Crippen LogP contribution is -2.11. The number of benzene rings is 1. The first kappa shape index (κ1) is 12.7. The third-order valence-electron chi connectivity index (χ3n) is 2.64. The van der Waals surface area contributed by atoms with E-state index in [1.165, 1.54) is 0 Å². The summed E-state index contributed by atoms with van der Waals surface area (Å²) in [4.78, 5) is 12.0. The summed E-state index contributed by atoms with van der Waals surface area (Å²) < 4.78 is 5.37. The van der Waals surface area contributed by atoms with Crippen LogP contribution in [0.25, 0.3) is 0 Å². The summed E-state index contributed by atoms with van der Waals surface area (Å²) in [5.41, 5.74) is 1.78. The number of furan rings is 1. The van der Waals surface area contributed by atoms with E-state index < -0.39 is 0 Å². The Balaban J connectivity index is 2.15. The second kappa shape index (κ2) is 5.27. The molecule has 0 saturated heterocycles. The number of alkyl halides is 1. The third-order valence-corrected chi connectivity index (χ3v) is 2.85. The number of anilines is 1. The van der Waals surface area contributed by atoms with Gasteiger partial charge in [0.1, 0.15) is 5.76 Å². The van der Waals surface area contributed by atoms with Crippen molar-refractivity contribution in [2.75, 3.05) is 5.32 Å². The maximum Gasteiger partial charge on any atom is 0.291 e. The van der Waals surface area contributed by atoms with E-state index in [0.717, 1.165) is 11.3 Å². The van der Waals surface area contributed by atoms with Gasteiger partial charge in [0.2, 0.25) is 0 Å². The fraction of sp³-hybridized carbons (Fsp3) is 0.214. The van der Waals surface area contributed by atoms with Gasteiger partial charge in [0.15, 0.2) is 5.76 Å². The molecule has 1 atom stereocenters. The molecule has 2 rings (SSSR count). The summed E-state index contributed by atoms with van der Waals surface area (Å²) >= 11 is 5.88. The van der Waals surface area contributed by atoms with Crippen LogP contribution in [0.15, 0.2) is 40.8 Å². The molecule has 1 amide bonds. The zero-order valence-corrected chi connectivity index (χ0v) is 11.0. The Morgan fingerprint density at radius 3 is 2.61 bits per heavy atom. The van der Waals surface area contributed by atoms with Crippen molar-refractivity contribution in [1.29, 1.82) is 0 Å². The van der Waals surface area contributed by atoms with Gasteiger partial charge in [-0.05, 0) is 37.6 Å². The Morgan fingerprint density at radius 1 is 1.28 bits per heavy atom. The van der Waals surface area contributed by atoms with Crippen LogP contribution in [0.3, 0.4) is 0 Å². The molecule has 0 aliphatic carbocycles. The zero-order chi connectivity index (χ0) is 13.1. The van der Waals surface area contributed by atoms with Crippen molar-refractivity contribution in [2.24, 2.45) is 0 Å². The Kier molecular flexibility index (Phi) is 3.72. The molecule has 1 unspecified atom stereocenters. The molecule has 18 heavy (non-hydrogen) atoms. The van der Waals surface area contributed by atoms with E-state index in [1.54, 1.807) is 19.1 Å². The Labute approximate surface area is 111 Å². The molecule has 4 heteroatoms. The number of nitrogens with one attached hydrogen (secondary N) is 1. The molecule has 0 spiro atoms. The lowest BCUT2D eigenvalue weighted by atomic mass is 10.2.